The third kappa shape index (κ3) is 3.14. The molecule has 0 unspecified atom stereocenters. The van der Waals surface area contributed by atoms with E-state index in [-0.39, 0.29) is 6.61 Å². The summed E-state index contributed by atoms with van der Waals surface area (Å²) < 4.78 is 2.02. The Morgan fingerprint density at radius 3 is 2.77 bits per heavy atom. The number of aliphatic hydroxyl groups excluding tert-OH is 1. The van der Waals surface area contributed by atoms with Gasteiger partial charge >= 0.3 is 0 Å². The summed E-state index contributed by atoms with van der Waals surface area (Å²) in [6.07, 6.45) is 0. The van der Waals surface area contributed by atoms with Gasteiger partial charge < -0.3 is 10.4 Å². The molecule has 132 valence electrons. The maximum atomic E-state index is 8.99. The van der Waals surface area contributed by atoms with Gasteiger partial charge in [-0.15, -0.1) is 10.2 Å². The Morgan fingerprint density at radius 1 is 1.12 bits per heavy atom. The van der Waals surface area contributed by atoms with Gasteiger partial charge in [0.1, 0.15) is 6.54 Å². The van der Waals surface area contributed by atoms with Crippen molar-refractivity contribution in [3.63, 3.8) is 0 Å². The van der Waals surface area contributed by atoms with Crippen molar-refractivity contribution in [1.82, 2.24) is 20.1 Å². The highest BCUT2D eigenvalue weighted by Gasteiger charge is 2.22. The van der Waals surface area contributed by atoms with Crippen molar-refractivity contribution < 1.29 is 5.11 Å². The molecule has 1 aliphatic heterocycles. The average molecular weight is 368 g/mol. The van der Waals surface area contributed by atoms with E-state index in [1.807, 2.05) is 53.1 Å². The van der Waals surface area contributed by atoms with Gasteiger partial charge in [-0.05, 0) is 18.2 Å². The SMILES string of the molecule is OCCNCc1nnc2n1-c1ccc(Cl)cc1C(c1ccccc1)=NC2. The van der Waals surface area contributed by atoms with Crippen LogP contribution in [0.3, 0.4) is 0 Å². The second-order valence-electron chi connectivity index (χ2n) is 5.96. The minimum atomic E-state index is 0.0778. The zero-order chi connectivity index (χ0) is 17.9. The van der Waals surface area contributed by atoms with E-state index in [2.05, 4.69) is 15.5 Å². The largest absolute Gasteiger partial charge is 0.395 e. The van der Waals surface area contributed by atoms with Crippen LogP contribution in [0.5, 0.6) is 0 Å². The number of aliphatic imine (C=N–C) groups is 1. The molecule has 0 bridgehead atoms. The predicted molar refractivity (Wildman–Crippen MR) is 101 cm³/mol. The monoisotopic (exact) mass is 367 g/mol. The standard InChI is InChI=1S/C19H18ClN5O/c20-14-6-7-16-15(10-14)19(13-4-2-1-3-5-13)22-12-18-24-23-17(25(16)18)11-21-8-9-26/h1-7,10,21,26H,8-9,11-12H2. The quantitative estimate of drug-likeness (QED) is 0.679. The number of fused-ring (bicyclic) bond motifs is 3. The maximum absolute atomic E-state index is 8.99. The molecule has 0 aliphatic carbocycles. The van der Waals surface area contributed by atoms with Crippen LogP contribution < -0.4 is 5.32 Å². The number of hydrogen-bond acceptors (Lipinski definition) is 5. The Balaban J connectivity index is 1.84. The number of hydrogen-bond donors (Lipinski definition) is 2. The molecule has 0 saturated heterocycles. The Kier molecular flexibility index (Phi) is 4.79. The Labute approximate surface area is 156 Å². The lowest BCUT2D eigenvalue weighted by Gasteiger charge is -2.14. The van der Waals surface area contributed by atoms with E-state index >= 15 is 0 Å². The van der Waals surface area contributed by atoms with Crippen LogP contribution in [0, 0.1) is 0 Å². The van der Waals surface area contributed by atoms with Crippen molar-refractivity contribution >= 4 is 17.3 Å². The Hall–Kier alpha value is -2.54. The average Bonchev–Trinajstić information content (AvgIpc) is 2.98. The molecule has 4 rings (SSSR count). The predicted octanol–water partition coefficient (Wildman–Crippen LogP) is 2.35. The first-order chi connectivity index (χ1) is 12.8. The van der Waals surface area contributed by atoms with Crippen molar-refractivity contribution in [3.8, 4) is 5.69 Å². The first kappa shape index (κ1) is 16.9. The Morgan fingerprint density at radius 2 is 1.96 bits per heavy atom. The summed E-state index contributed by atoms with van der Waals surface area (Å²) in [5, 5.41) is 21.4. The normalized spacial score (nSPS) is 12.9. The first-order valence-corrected chi connectivity index (χ1v) is 8.80. The number of nitrogens with one attached hydrogen (secondary N) is 1. The molecule has 3 aromatic rings. The molecule has 0 radical (unpaired) electrons. The number of aliphatic hydroxyl groups is 1. The van der Waals surface area contributed by atoms with E-state index < -0.39 is 0 Å². The van der Waals surface area contributed by atoms with Crippen LogP contribution in [-0.2, 0) is 13.1 Å². The van der Waals surface area contributed by atoms with Gasteiger partial charge in [0.15, 0.2) is 11.6 Å². The van der Waals surface area contributed by atoms with Gasteiger partial charge in [-0.3, -0.25) is 9.56 Å². The lowest BCUT2D eigenvalue weighted by molar-refractivity contribution is 0.291. The van der Waals surface area contributed by atoms with Gasteiger partial charge in [0.2, 0.25) is 0 Å². The van der Waals surface area contributed by atoms with Crippen molar-refractivity contribution in [2.45, 2.75) is 13.1 Å². The molecule has 0 fully saturated rings. The van der Waals surface area contributed by atoms with E-state index in [0.29, 0.717) is 24.7 Å². The van der Waals surface area contributed by atoms with Gasteiger partial charge in [-0.2, -0.15) is 0 Å². The van der Waals surface area contributed by atoms with Crippen molar-refractivity contribution in [2.75, 3.05) is 13.2 Å². The molecule has 7 heteroatoms. The van der Waals surface area contributed by atoms with E-state index in [1.54, 1.807) is 0 Å². The number of aromatic nitrogens is 3. The molecular formula is C19H18ClN5O. The molecule has 2 heterocycles. The van der Waals surface area contributed by atoms with Crippen LogP contribution in [0.4, 0.5) is 0 Å². The fourth-order valence-corrected chi connectivity index (χ4v) is 3.27. The third-order valence-electron chi connectivity index (χ3n) is 4.25. The molecule has 6 nitrogen and oxygen atoms in total. The van der Waals surface area contributed by atoms with Crippen LogP contribution in [0.1, 0.15) is 22.8 Å². The number of benzene rings is 2. The highest BCUT2D eigenvalue weighted by Crippen LogP contribution is 2.28. The van der Waals surface area contributed by atoms with Gasteiger partial charge in [0.05, 0.1) is 24.6 Å². The molecule has 2 N–H and O–H groups in total. The van der Waals surface area contributed by atoms with Gasteiger partial charge in [0, 0.05) is 22.7 Å². The lowest BCUT2D eigenvalue weighted by atomic mass is 10.0. The number of rotatable bonds is 5. The van der Waals surface area contributed by atoms with E-state index in [4.69, 9.17) is 21.7 Å². The molecule has 2 aromatic carbocycles. The molecule has 0 amide bonds. The van der Waals surface area contributed by atoms with E-state index in [9.17, 15) is 0 Å². The van der Waals surface area contributed by atoms with Crippen LogP contribution in [-0.4, -0.2) is 38.7 Å². The number of halogens is 1. The second kappa shape index (κ2) is 7.37. The number of nitrogens with zero attached hydrogens (tertiary/aromatic N) is 4. The fraction of sp³-hybridized carbons (Fsp3) is 0.211. The first-order valence-electron chi connectivity index (χ1n) is 8.43. The topological polar surface area (TPSA) is 75.3 Å². The highest BCUT2D eigenvalue weighted by atomic mass is 35.5. The van der Waals surface area contributed by atoms with Gasteiger partial charge in [-0.25, -0.2) is 0 Å². The minimum Gasteiger partial charge on any atom is -0.395 e. The second-order valence-corrected chi connectivity index (χ2v) is 6.40. The zero-order valence-electron chi connectivity index (χ0n) is 14.1. The van der Waals surface area contributed by atoms with Crippen LogP contribution in [0.25, 0.3) is 5.69 Å². The molecule has 1 aliphatic rings. The summed E-state index contributed by atoms with van der Waals surface area (Å²) in [6, 6.07) is 15.8. The molecular weight excluding hydrogens is 350 g/mol. The van der Waals surface area contributed by atoms with Crippen molar-refractivity contribution in [1.29, 1.82) is 0 Å². The lowest BCUT2D eigenvalue weighted by Crippen LogP contribution is -2.20. The highest BCUT2D eigenvalue weighted by molar-refractivity contribution is 6.31. The third-order valence-corrected chi connectivity index (χ3v) is 4.48. The van der Waals surface area contributed by atoms with Crippen molar-refractivity contribution in [3.05, 3.63) is 76.3 Å². The summed E-state index contributed by atoms with van der Waals surface area (Å²) in [5.41, 5.74) is 3.83. The van der Waals surface area contributed by atoms with Gasteiger partial charge in [0.25, 0.3) is 0 Å². The molecule has 0 saturated carbocycles. The fourth-order valence-electron chi connectivity index (χ4n) is 3.10. The summed E-state index contributed by atoms with van der Waals surface area (Å²) in [5.74, 6) is 1.56. The van der Waals surface area contributed by atoms with Crippen molar-refractivity contribution in [2.24, 2.45) is 4.99 Å². The molecule has 26 heavy (non-hydrogen) atoms. The molecule has 0 spiro atoms. The smallest absolute Gasteiger partial charge is 0.159 e. The summed E-state index contributed by atoms with van der Waals surface area (Å²) >= 11 is 6.29. The summed E-state index contributed by atoms with van der Waals surface area (Å²) in [6.45, 7) is 1.52. The Bertz CT molecular complexity index is 952. The van der Waals surface area contributed by atoms with E-state index in [0.717, 1.165) is 34.2 Å². The zero-order valence-corrected chi connectivity index (χ0v) is 14.8. The minimum absolute atomic E-state index is 0.0778. The molecule has 1 aromatic heterocycles. The molecule has 0 atom stereocenters. The van der Waals surface area contributed by atoms with Crippen LogP contribution >= 0.6 is 11.6 Å². The summed E-state index contributed by atoms with van der Waals surface area (Å²) in [7, 11) is 0. The summed E-state index contributed by atoms with van der Waals surface area (Å²) in [4.78, 5) is 4.80. The van der Waals surface area contributed by atoms with Gasteiger partial charge in [-0.1, -0.05) is 41.9 Å². The van der Waals surface area contributed by atoms with Crippen LogP contribution in [0.15, 0.2) is 53.5 Å². The maximum Gasteiger partial charge on any atom is 0.159 e. The van der Waals surface area contributed by atoms with Crippen LogP contribution in [0.2, 0.25) is 5.02 Å². The van der Waals surface area contributed by atoms with E-state index in [1.165, 1.54) is 0 Å².